The van der Waals surface area contributed by atoms with Gasteiger partial charge < -0.3 is 14.8 Å². The maximum atomic E-state index is 10.5. The maximum Gasteiger partial charge on any atom is 0.303 e. The third-order valence-corrected chi connectivity index (χ3v) is 2.81. The minimum Gasteiger partial charge on any atom is -0.481 e. The van der Waals surface area contributed by atoms with Gasteiger partial charge in [0, 0.05) is 17.1 Å². The number of carboxylic acid groups (broad SMARTS) is 1. The predicted molar refractivity (Wildman–Crippen MR) is 71.9 cm³/mol. The highest BCUT2D eigenvalue weighted by Gasteiger charge is 2.07. The molecule has 2 rings (SSSR count). The Bertz CT molecular complexity index is 595. The minimum atomic E-state index is -0.856. The van der Waals surface area contributed by atoms with E-state index in [0.717, 1.165) is 11.3 Å². The van der Waals surface area contributed by atoms with Crippen molar-refractivity contribution in [2.75, 3.05) is 5.32 Å². The van der Waals surface area contributed by atoms with Crippen molar-refractivity contribution in [2.24, 2.45) is 0 Å². The molecule has 2 N–H and O–H groups in total. The fraction of sp³-hybridized carbons (Fsp3) is 0.231. The largest absolute Gasteiger partial charge is 0.481 e. The molecule has 0 bridgehead atoms. The summed E-state index contributed by atoms with van der Waals surface area (Å²) in [6, 6.07) is 5.77. The van der Waals surface area contributed by atoms with Crippen LogP contribution in [0.4, 0.5) is 11.7 Å². The zero-order chi connectivity index (χ0) is 13.8. The van der Waals surface area contributed by atoms with E-state index in [0.29, 0.717) is 23.2 Å². The second kappa shape index (κ2) is 5.75. The van der Waals surface area contributed by atoms with Crippen molar-refractivity contribution in [2.45, 2.75) is 19.8 Å². The first kappa shape index (κ1) is 13.4. The van der Waals surface area contributed by atoms with Crippen LogP contribution in [0.3, 0.4) is 0 Å². The van der Waals surface area contributed by atoms with Crippen molar-refractivity contribution in [1.29, 1.82) is 0 Å². The number of aliphatic carboxylic acids is 1. The molecule has 6 heteroatoms. The first-order valence-corrected chi connectivity index (χ1v) is 6.12. The number of hydrogen-bond donors (Lipinski definition) is 2. The third-order valence-electron chi connectivity index (χ3n) is 2.58. The molecule has 0 aliphatic heterocycles. The number of hydrogen-bond acceptors (Lipinski definition) is 4. The highest BCUT2D eigenvalue weighted by atomic mass is 35.5. The average molecular weight is 281 g/mol. The van der Waals surface area contributed by atoms with Gasteiger partial charge in [-0.3, -0.25) is 4.79 Å². The van der Waals surface area contributed by atoms with E-state index in [1.54, 1.807) is 6.07 Å². The quantitative estimate of drug-likeness (QED) is 0.878. The molecule has 0 spiro atoms. The van der Waals surface area contributed by atoms with Gasteiger partial charge in [0.15, 0.2) is 0 Å². The molecule has 0 atom stereocenters. The van der Waals surface area contributed by atoms with Gasteiger partial charge in [-0.1, -0.05) is 11.6 Å². The number of benzene rings is 1. The summed E-state index contributed by atoms with van der Waals surface area (Å²) in [7, 11) is 0. The molecule has 2 aromatic rings. The van der Waals surface area contributed by atoms with Crippen LogP contribution in [-0.4, -0.2) is 16.1 Å². The number of carboxylic acids is 1. The highest BCUT2D eigenvalue weighted by Crippen LogP contribution is 2.23. The van der Waals surface area contributed by atoms with E-state index in [1.807, 2.05) is 19.1 Å². The lowest BCUT2D eigenvalue weighted by molar-refractivity contribution is -0.136. The summed E-state index contributed by atoms with van der Waals surface area (Å²) in [6.07, 6.45) is 1.84. The van der Waals surface area contributed by atoms with Crippen LogP contribution in [0, 0.1) is 6.92 Å². The Kier molecular flexibility index (Phi) is 4.06. The van der Waals surface area contributed by atoms with Crippen LogP contribution >= 0.6 is 11.6 Å². The van der Waals surface area contributed by atoms with Gasteiger partial charge in [0.05, 0.1) is 12.1 Å². The molecule has 1 aromatic heterocycles. The van der Waals surface area contributed by atoms with E-state index >= 15 is 0 Å². The lowest BCUT2D eigenvalue weighted by Gasteiger charge is -2.05. The standard InChI is InChI=1S/C13H13ClN2O3/c1-8-6-9(14)2-4-11(8)16-13-15-10(7-19-13)3-5-12(17)18/h2,4,6-7H,3,5H2,1H3,(H,15,16)(H,17,18). The van der Waals surface area contributed by atoms with E-state index in [4.69, 9.17) is 21.1 Å². The Labute approximate surface area is 115 Å². The molecule has 0 fully saturated rings. The molecule has 100 valence electrons. The van der Waals surface area contributed by atoms with Crippen molar-refractivity contribution in [3.05, 3.63) is 40.7 Å². The number of oxazole rings is 1. The Balaban J connectivity index is 2.05. The molecule has 1 aromatic carbocycles. The van der Waals surface area contributed by atoms with Crippen molar-refractivity contribution in [3.63, 3.8) is 0 Å². The zero-order valence-electron chi connectivity index (χ0n) is 10.3. The van der Waals surface area contributed by atoms with Crippen molar-refractivity contribution in [1.82, 2.24) is 4.98 Å². The maximum absolute atomic E-state index is 10.5. The van der Waals surface area contributed by atoms with Crippen LogP contribution in [0.25, 0.3) is 0 Å². The Morgan fingerprint density at radius 2 is 2.32 bits per heavy atom. The number of nitrogens with zero attached hydrogens (tertiary/aromatic N) is 1. The fourth-order valence-electron chi connectivity index (χ4n) is 1.60. The van der Waals surface area contributed by atoms with Gasteiger partial charge in [0.1, 0.15) is 6.26 Å². The smallest absolute Gasteiger partial charge is 0.303 e. The van der Waals surface area contributed by atoms with Crippen molar-refractivity contribution >= 4 is 29.3 Å². The van der Waals surface area contributed by atoms with Gasteiger partial charge in [0.2, 0.25) is 0 Å². The summed E-state index contributed by atoms with van der Waals surface area (Å²) in [5.41, 5.74) is 2.42. The second-order valence-electron chi connectivity index (χ2n) is 4.12. The molecule has 1 heterocycles. The molecule has 0 saturated carbocycles. The van der Waals surface area contributed by atoms with Gasteiger partial charge in [-0.25, -0.2) is 0 Å². The van der Waals surface area contributed by atoms with Gasteiger partial charge in [-0.15, -0.1) is 0 Å². The number of aryl methyl sites for hydroxylation is 2. The topological polar surface area (TPSA) is 75.4 Å². The predicted octanol–water partition coefficient (Wildman–Crippen LogP) is 3.40. The van der Waals surface area contributed by atoms with Crippen LogP contribution in [0.2, 0.25) is 5.02 Å². The molecule has 5 nitrogen and oxygen atoms in total. The first-order valence-electron chi connectivity index (χ1n) is 5.74. The number of rotatable bonds is 5. The Hall–Kier alpha value is -2.01. The summed E-state index contributed by atoms with van der Waals surface area (Å²) in [5, 5.41) is 12.3. The Morgan fingerprint density at radius 1 is 1.53 bits per heavy atom. The number of anilines is 2. The summed E-state index contributed by atoms with van der Waals surface area (Å²) in [4.78, 5) is 14.6. The second-order valence-corrected chi connectivity index (χ2v) is 4.56. The SMILES string of the molecule is Cc1cc(Cl)ccc1Nc1nc(CCC(=O)O)co1. The van der Waals surface area contributed by atoms with E-state index in [9.17, 15) is 4.79 Å². The van der Waals surface area contributed by atoms with Crippen LogP contribution in [0.15, 0.2) is 28.9 Å². The van der Waals surface area contributed by atoms with Gasteiger partial charge >= 0.3 is 5.97 Å². The monoisotopic (exact) mass is 280 g/mol. The minimum absolute atomic E-state index is 0.0337. The molecule has 0 aliphatic carbocycles. The summed E-state index contributed by atoms with van der Waals surface area (Å²) >= 11 is 5.87. The molecular weight excluding hydrogens is 268 g/mol. The Morgan fingerprint density at radius 3 is 3.00 bits per heavy atom. The first-order chi connectivity index (χ1) is 9.04. The van der Waals surface area contributed by atoms with E-state index < -0.39 is 5.97 Å². The lowest BCUT2D eigenvalue weighted by Crippen LogP contribution is -1.98. The van der Waals surface area contributed by atoms with Crippen LogP contribution in [0.1, 0.15) is 17.7 Å². The van der Waals surface area contributed by atoms with Gasteiger partial charge in [0.25, 0.3) is 6.01 Å². The van der Waals surface area contributed by atoms with Crippen molar-refractivity contribution in [3.8, 4) is 0 Å². The van der Waals surface area contributed by atoms with Crippen LogP contribution < -0.4 is 5.32 Å². The molecule has 0 saturated heterocycles. The van der Waals surface area contributed by atoms with Crippen LogP contribution in [-0.2, 0) is 11.2 Å². The highest BCUT2D eigenvalue weighted by molar-refractivity contribution is 6.30. The normalized spacial score (nSPS) is 10.4. The summed E-state index contributed by atoms with van der Waals surface area (Å²) in [6.45, 7) is 1.92. The molecule has 19 heavy (non-hydrogen) atoms. The van der Waals surface area contributed by atoms with Crippen LogP contribution in [0.5, 0.6) is 0 Å². The zero-order valence-corrected chi connectivity index (χ0v) is 11.1. The van der Waals surface area contributed by atoms with Crippen molar-refractivity contribution < 1.29 is 14.3 Å². The number of aromatic nitrogens is 1. The summed E-state index contributed by atoms with van der Waals surface area (Å²) in [5.74, 6) is -0.856. The molecule has 0 unspecified atom stereocenters. The molecule has 0 amide bonds. The average Bonchev–Trinajstić information content (AvgIpc) is 2.78. The molecule has 0 radical (unpaired) electrons. The van der Waals surface area contributed by atoms with E-state index in [2.05, 4.69) is 10.3 Å². The van der Waals surface area contributed by atoms with E-state index in [-0.39, 0.29) is 6.42 Å². The molecular formula is C13H13ClN2O3. The lowest BCUT2D eigenvalue weighted by atomic mass is 10.2. The number of nitrogens with one attached hydrogen (secondary N) is 1. The third kappa shape index (κ3) is 3.72. The van der Waals surface area contributed by atoms with Gasteiger partial charge in [-0.05, 0) is 30.7 Å². The van der Waals surface area contributed by atoms with E-state index in [1.165, 1.54) is 6.26 Å². The number of carbonyl (C=O) groups is 1. The number of halogens is 1. The fourth-order valence-corrected chi connectivity index (χ4v) is 1.82. The molecule has 0 aliphatic rings. The van der Waals surface area contributed by atoms with Gasteiger partial charge in [-0.2, -0.15) is 4.98 Å². The summed E-state index contributed by atoms with van der Waals surface area (Å²) < 4.78 is 5.24.